The Hall–Kier alpha value is -2.99. The van der Waals surface area contributed by atoms with Crippen molar-refractivity contribution >= 4 is 28.5 Å². The average molecular weight is 405 g/mol. The number of benzene rings is 2. The first-order valence-electron chi connectivity index (χ1n) is 10.5. The van der Waals surface area contributed by atoms with Gasteiger partial charge in [-0.25, -0.2) is 9.79 Å². The highest BCUT2D eigenvalue weighted by Crippen LogP contribution is 2.26. The molecule has 30 heavy (non-hydrogen) atoms. The number of nitrogens with zero attached hydrogens (tertiary/aromatic N) is 1. The van der Waals surface area contributed by atoms with Crippen LogP contribution in [0.2, 0.25) is 0 Å². The summed E-state index contributed by atoms with van der Waals surface area (Å²) >= 11 is 0. The molecule has 1 unspecified atom stereocenters. The van der Waals surface area contributed by atoms with Crippen molar-refractivity contribution < 1.29 is 14.3 Å². The highest BCUT2D eigenvalue weighted by atomic mass is 16.6. The lowest BCUT2D eigenvalue weighted by molar-refractivity contribution is -0.130. The normalized spacial score (nSPS) is 19.8. The number of amides is 1. The molecule has 2 heterocycles. The Bertz CT molecular complexity index is 1010. The maximum absolute atomic E-state index is 12.6. The van der Waals surface area contributed by atoms with Gasteiger partial charge in [0.2, 0.25) is 11.8 Å². The number of nitrogens with one attached hydrogen (secondary N) is 2. The second kappa shape index (κ2) is 8.79. The first-order chi connectivity index (χ1) is 14.5. The second-order valence-corrected chi connectivity index (χ2v) is 8.16. The van der Waals surface area contributed by atoms with Gasteiger partial charge in [-0.3, -0.25) is 4.79 Å². The number of carbonyl (C=O) groups excluding carboxylic acids is 2. The van der Waals surface area contributed by atoms with Crippen molar-refractivity contribution in [3.05, 3.63) is 59.8 Å². The average Bonchev–Trinajstić information content (AvgIpc) is 3.13. The molecule has 1 fully saturated rings. The van der Waals surface area contributed by atoms with E-state index in [4.69, 9.17) is 4.74 Å². The van der Waals surface area contributed by atoms with E-state index in [-0.39, 0.29) is 29.5 Å². The molecule has 1 amide bonds. The van der Waals surface area contributed by atoms with E-state index in [0.717, 1.165) is 42.3 Å². The number of hydrogen-bond acceptors (Lipinski definition) is 5. The van der Waals surface area contributed by atoms with E-state index in [1.807, 2.05) is 56.3 Å². The van der Waals surface area contributed by atoms with Gasteiger partial charge in [0.25, 0.3) is 0 Å². The lowest BCUT2D eigenvalue weighted by Gasteiger charge is -2.30. The summed E-state index contributed by atoms with van der Waals surface area (Å²) in [5.41, 5.74) is 1.04. The Morgan fingerprint density at radius 3 is 2.67 bits per heavy atom. The lowest BCUT2D eigenvalue weighted by Crippen LogP contribution is -2.44. The number of cyclic esters (lactones) is 1. The van der Waals surface area contributed by atoms with Crippen molar-refractivity contribution in [3.63, 3.8) is 0 Å². The predicted octanol–water partition coefficient (Wildman–Crippen LogP) is 3.17. The Morgan fingerprint density at radius 2 is 1.90 bits per heavy atom. The summed E-state index contributed by atoms with van der Waals surface area (Å²) in [6, 6.07) is 13.5. The third kappa shape index (κ3) is 4.28. The van der Waals surface area contributed by atoms with Gasteiger partial charge in [-0.15, -0.1) is 0 Å². The van der Waals surface area contributed by atoms with Crippen molar-refractivity contribution in [2.45, 2.75) is 32.7 Å². The van der Waals surface area contributed by atoms with Crippen LogP contribution in [-0.4, -0.2) is 36.9 Å². The zero-order chi connectivity index (χ0) is 21.1. The minimum atomic E-state index is -0.476. The zero-order valence-corrected chi connectivity index (χ0v) is 17.4. The highest BCUT2D eigenvalue weighted by Gasteiger charge is 2.30. The number of fused-ring (bicyclic) bond motifs is 1. The van der Waals surface area contributed by atoms with Crippen LogP contribution in [0.15, 0.2) is 59.2 Å². The topological polar surface area (TPSA) is 79.8 Å². The van der Waals surface area contributed by atoms with Gasteiger partial charge in [0, 0.05) is 11.5 Å². The van der Waals surface area contributed by atoms with Crippen LogP contribution in [-0.2, 0) is 14.3 Å². The van der Waals surface area contributed by atoms with E-state index in [1.165, 1.54) is 0 Å². The maximum atomic E-state index is 12.6. The van der Waals surface area contributed by atoms with E-state index in [2.05, 4.69) is 15.6 Å². The van der Waals surface area contributed by atoms with Crippen LogP contribution >= 0.6 is 0 Å². The SMILES string of the molecule is CC(C)C(=O)NC(C=C1N=C(c2cccc3ccccc23)OC1=O)C1CCNCC1. The van der Waals surface area contributed by atoms with Gasteiger partial charge in [0.1, 0.15) is 0 Å². The van der Waals surface area contributed by atoms with E-state index < -0.39 is 5.97 Å². The summed E-state index contributed by atoms with van der Waals surface area (Å²) in [5, 5.41) is 8.48. The molecule has 1 atom stereocenters. The predicted molar refractivity (Wildman–Crippen MR) is 117 cm³/mol. The molecule has 156 valence electrons. The van der Waals surface area contributed by atoms with Crippen LogP contribution in [0.4, 0.5) is 0 Å². The van der Waals surface area contributed by atoms with Crippen molar-refractivity contribution in [2.75, 3.05) is 13.1 Å². The van der Waals surface area contributed by atoms with Crippen LogP contribution in [0.25, 0.3) is 10.8 Å². The summed E-state index contributed by atoms with van der Waals surface area (Å²) in [6.45, 7) is 5.53. The van der Waals surface area contributed by atoms with Gasteiger partial charge in [0.15, 0.2) is 5.70 Å². The third-order valence-corrected chi connectivity index (χ3v) is 5.70. The molecule has 2 aromatic carbocycles. The first-order valence-corrected chi connectivity index (χ1v) is 10.5. The van der Waals surface area contributed by atoms with Gasteiger partial charge in [-0.05, 0) is 54.8 Å². The molecule has 2 aliphatic heterocycles. The summed E-state index contributed by atoms with van der Waals surface area (Å²) < 4.78 is 5.53. The van der Waals surface area contributed by atoms with Crippen molar-refractivity contribution in [2.24, 2.45) is 16.8 Å². The standard InChI is InChI=1S/C24H27N3O3/c1-15(2)22(28)26-20(17-10-12-25-13-11-17)14-21-24(29)30-23(27-21)19-9-5-7-16-6-3-4-8-18(16)19/h3-9,14-15,17,20,25H,10-13H2,1-2H3,(H,26,28). The lowest BCUT2D eigenvalue weighted by atomic mass is 9.89. The molecule has 0 aromatic heterocycles. The molecule has 0 aliphatic carbocycles. The molecule has 4 rings (SSSR count). The molecular formula is C24H27N3O3. The number of piperidine rings is 1. The fourth-order valence-corrected chi connectivity index (χ4v) is 3.95. The molecule has 2 aliphatic rings. The number of ether oxygens (including phenoxy) is 1. The highest BCUT2D eigenvalue weighted by molar-refractivity contribution is 6.16. The number of aliphatic imine (C=N–C) groups is 1. The second-order valence-electron chi connectivity index (χ2n) is 8.16. The minimum absolute atomic E-state index is 0.0278. The van der Waals surface area contributed by atoms with E-state index in [0.29, 0.717) is 5.90 Å². The molecular weight excluding hydrogens is 378 g/mol. The molecule has 0 spiro atoms. The zero-order valence-electron chi connectivity index (χ0n) is 17.4. The molecule has 2 aromatic rings. The summed E-state index contributed by atoms with van der Waals surface area (Å²) in [6.07, 6.45) is 3.64. The molecule has 0 radical (unpaired) electrons. The molecule has 0 bridgehead atoms. The summed E-state index contributed by atoms with van der Waals surface area (Å²) in [4.78, 5) is 29.5. The number of hydrogen-bond donors (Lipinski definition) is 2. The van der Waals surface area contributed by atoms with Gasteiger partial charge in [-0.1, -0.05) is 50.2 Å². The van der Waals surface area contributed by atoms with Crippen LogP contribution in [0, 0.1) is 11.8 Å². The van der Waals surface area contributed by atoms with Gasteiger partial charge in [0.05, 0.1) is 6.04 Å². The smallest absolute Gasteiger partial charge is 0.363 e. The van der Waals surface area contributed by atoms with E-state index in [1.54, 1.807) is 6.08 Å². The van der Waals surface area contributed by atoms with Gasteiger partial charge in [-0.2, -0.15) is 0 Å². The molecule has 6 heteroatoms. The molecule has 2 N–H and O–H groups in total. The van der Waals surface area contributed by atoms with E-state index >= 15 is 0 Å². The molecule has 1 saturated heterocycles. The number of rotatable bonds is 5. The summed E-state index contributed by atoms with van der Waals surface area (Å²) in [7, 11) is 0. The Kier molecular flexibility index (Phi) is 5.95. The van der Waals surface area contributed by atoms with Crippen LogP contribution in [0.3, 0.4) is 0 Å². The van der Waals surface area contributed by atoms with Crippen LogP contribution in [0.5, 0.6) is 0 Å². The van der Waals surface area contributed by atoms with Gasteiger partial charge >= 0.3 is 5.97 Å². The van der Waals surface area contributed by atoms with Gasteiger partial charge < -0.3 is 15.4 Å². The Balaban J connectivity index is 1.66. The van der Waals surface area contributed by atoms with Crippen molar-refractivity contribution in [1.29, 1.82) is 0 Å². The maximum Gasteiger partial charge on any atom is 0.363 e. The van der Waals surface area contributed by atoms with Crippen molar-refractivity contribution in [3.8, 4) is 0 Å². The largest absolute Gasteiger partial charge is 0.402 e. The fourth-order valence-electron chi connectivity index (χ4n) is 3.95. The minimum Gasteiger partial charge on any atom is -0.402 e. The van der Waals surface area contributed by atoms with E-state index in [9.17, 15) is 9.59 Å². The fraction of sp³-hybridized carbons (Fsp3) is 0.375. The number of carbonyl (C=O) groups is 2. The third-order valence-electron chi connectivity index (χ3n) is 5.70. The van der Waals surface area contributed by atoms with Crippen molar-refractivity contribution in [1.82, 2.24) is 10.6 Å². The molecule has 6 nitrogen and oxygen atoms in total. The number of esters is 1. The Morgan fingerprint density at radius 1 is 1.17 bits per heavy atom. The van der Waals surface area contributed by atoms with Crippen LogP contribution in [0.1, 0.15) is 32.3 Å². The first kappa shape index (κ1) is 20.3. The monoisotopic (exact) mass is 405 g/mol. The molecule has 0 saturated carbocycles. The summed E-state index contributed by atoms with van der Waals surface area (Å²) in [5.74, 6) is -0.0677. The Labute approximate surface area is 176 Å². The van der Waals surface area contributed by atoms with Crippen LogP contribution < -0.4 is 10.6 Å². The quantitative estimate of drug-likeness (QED) is 0.592.